The van der Waals surface area contributed by atoms with Crippen LogP contribution in [0, 0.1) is 0 Å². The zero-order valence-electron chi connectivity index (χ0n) is 16.8. The number of ether oxygens (including phenoxy) is 2. The summed E-state index contributed by atoms with van der Waals surface area (Å²) in [7, 11) is 3.27. The van der Waals surface area contributed by atoms with Crippen LogP contribution in [0.5, 0.6) is 5.75 Å². The minimum Gasteiger partial charge on any atom is -0.497 e. The monoisotopic (exact) mass is 391 g/mol. The Hall–Kier alpha value is -2.99. The highest BCUT2D eigenvalue weighted by molar-refractivity contribution is 6.06. The van der Waals surface area contributed by atoms with Crippen molar-refractivity contribution in [1.29, 1.82) is 0 Å². The molecule has 0 atom stereocenters. The smallest absolute Gasteiger partial charge is 0.254 e. The second-order valence-electron chi connectivity index (χ2n) is 7.33. The number of carbonyl (C=O) groups is 1. The second kappa shape index (κ2) is 8.57. The fraction of sp³-hybridized carbons (Fsp3) is 0.348. The van der Waals surface area contributed by atoms with Gasteiger partial charge in [-0.1, -0.05) is 6.07 Å². The van der Waals surface area contributed by atoms with Crippen LogP contribution in [0.1, 0.15) is 40.4 Å². The number of nitrogens with zero attached hydrogens (tertiary/aromatic N) is 3. The number of aromatic nitrogens is 2. The number of hydrogen-bond donors (Lipinski definition) is 0. The zero-order valence-corrected chi connectivity index (χ0v) is 16.8. The number of fused-ring (bicyclic) bond motifs is 1. The maximum atomic E-state index is 13.6. The van der Waals surface area contributed by atoms with Gasteiger partial charge in [0.25, 0.3) is 5.91 Å². The van der Waals surface area contributed by atoms with Crippen LogP contribution < -0.4 is 4.74 Å². The second-order valence-corrected chi connectivity index (χ2v) is 7.33. The van der Waals surface area contributed by atoms with Gasteiger partial charge in [0.2, 0.25) is 0 Å². The lowest BCUT2D eigenvalue weighted by Crippen LogP contribution is -2.33. The molecule has 0 saturated heterocycles. The maximum Gasteiger partial charge on any atom is 0.254 e. The molecular formula is C23H25N3O3. The van der Waals surface area contributed by atoms with Crippen molar-refractivity contribution in [2.75, 3.05) is 27.4 Å². The molecule has 0 unspecified atom stereocenters. The highest BCUT2D eigenvalue weighted by Gasteiger charge is 2.28. The molecule has 6 nitrogen and oxygen atoms in total. The molecule has 0 N–H and O–H groups in total. The standard InChI is InChI=1S/C23H25N3O3/c1-28-11-10-26(15-16-4-3-9-24-14-16)23(27)20-13-22(17-5-6-17)25-21-8-7-18(29-2)12-19(20)21/h3-4,7-9,12-14,17H,5-6,10-11,15H2,1-2H3. The molecular weight excluding hydrogens is 366 g/mol. The molecule has 1 aliphatic rings. The van der Waals surface area contributed by atoms with Crippen molar-refractivity contribution in [3.8, 4) is 5.75 Å². The SMILES string of the molecule is COCCN(Cc1cccnc1)C(=O)c1cc(C2CC2)nc2ccc(OC)cc12. The maximum absolute atomic E-state index is 13.6. The van der Waals surface area contributed by atoms with Crippen molar-refractivity contribution in [1.82, 2.24) is 14.9 Å². The van der Waals surface area contributed by atoms with E-state index in [1.807, 2.05) is 41.3 Å². The Morgan fingerprint density at radius 1 is 1.21 bits per heavy atom. The van der Waals surface area contributed by atoms with E-state index in [0.717, 1.165) is 35.0 Å². The van der Waals surface area contributed by atoms with Crippen LogP contribution in [0.25, 0.3) is 10.9 Å². The van der Waals surface area contributed by atoms with Gasteiger partial charge < -0.3 is 14.4 Å². The van der Waals surface area contributed by atoms with E-state index in [1.54, 1.807) is 26.6 Å². The summed E-state index contributed by atoms with van der Waals surface area (Å²) in [5, 5.41) is 0.812. The molecule has 150 valence electrons. The highest BCUT2D eigenvalue weighted by Crippen LogP contribution is 2.40. The average molecular weight is 391 g/mol. The summed E-state index contributed by atoms with van der Waals surface area (Å²) in [6.45, 7) is 1.44. The number of methoxy groups -OCH3 is 2. The minimum absolute atomic E-state index is 0.0338. The van der Waals surface area contributed by atoms with Gasteiger partial charge in [0, 0.05) is 49.6 Å². The molecule has 4 rings (SSSR count). The molecule has 1 amide bonds. The van der Waals surface area contributed by atoms with Crippen molar-refractivity contribution in [2.24, 2.45) is 0 Å². The molecule has 2 heterocycles. The Morgan fingerprint density at radius 2 is 2.07 bits per heavy atom. The Kier molecular flexibility index (Phi) is 5.71. The molecule has 29 heavy (non-hydrogen) atoms. The number of amides is 1. The summed E-state index contributed by atoms with van der Waals surface area (Å²) in [6.07, 6.45) is 5.78. The first-order chi connectivity index (χ1) is 14.2. The molecule has 1 saturated carbocycles. The van der Waals surface area contributed by atoms with Gasteiger partial charge in [0.1, 0.15) is 5.75 Å². The molecule has 6 heteroatoms. The van der Waals surface area contributed by atoms with Crippen LogP contribution in [0.4, 0.5) is 0 Å². The quantitative estimate of drug-likeness (QED) is 0.584. The Balaban J connectivity index is 1.75. The fourth-order valence-electron chi connectivity index (χ4n) is 3.45. The summed E-state index contributed by atoms with van der Waals surface area (Å²) < 4.78 is 10.6. The third kappa shape index (κ3) is 4.38. The first-order valence-electron chi connectivity index (χ1n) is 9.85. The van der Waals surface area contributed by atoms with E-state index >= 15 is 0 Å². The van der Waals surface area contributed by atoms with Crippen LogP contribution in [-0.2, 0) is 11.3 Å². The van der Waals surface area contributed by atoms with Gasteiger partial charge in [-0.05, 0) is 48.7 Å². The van der Waals surface area contributed by atoms with Gasteiger partial charge in [0.05, 0.1) is 24.8 Å². The first-order valence-corrected chi connectivity index (χ1v) is 9.85. The van der Waals surface area contributed by atoms with Crippen LogP contribution in [0.2, 0.25) is 0 Å². The summed E-state index contributed by atoms with van der Waals surface area (Å²) in [5.74, 6) is 1.13. The van der Waals surface area contributed by atoms with E-state index in [0.29, 0.717) is 36.9 Å². The molecule has 1 aromatic carbocycles. The molecule has 1 fully saturated rings. The van der Waals surface area contributed by atoms with E-state index < -0.39 is 0 Å². The van der Waals surface area contributed by atoms with E-state index in [2.05, 4.69) is 4.98 Å². The largest absolute Gasteiger partial charge is 0.497 e. The summed E-state index contributed by atoms with van der Waals surface area (Å²) >= 11 is 0. The molecule has 3 aromatic rings. The van der Waals surface area contributed by atoms with Gasteiger partial charge in [-0.2, -0.15) is 0 Å². The van der Waals surface area contributed by atoms with Crippen molar-refractivity contribution in [3.05, 3.63) is 65.6 Å². The van der Waals surface area contributed by atoms with Crippen LogP contribution >= 0.6 is 0 Å². The van der Waals surface area contributed by atoms with E-state index in [9.17, 15) is 4.79 Å². The summed E-state index contributed by atoms with van der Waals surface area (Å²) in [6, 6.07) is 11.5. The molecule has 0 aliphatic heterocycles. The lowest BCUT2D eigenvalue weighted by atomic mass is 10.0. The van der Waals surface area contributed by atoms with Crippen molar-refractivity contribution < 1.29 is 14.3 Å². The Labute approximate surface area is 170 Å². The fourth-order valence-corrected chi connectivity index (χ4v) is 3.45. The number of carbonyl (C=O) groups excluding carboxylic acids is 1. The van der Waals surface area contributed by atoms with Crippen molar-refractivity contribution >= 4 is 16.8 Å². The number of pyridine rings is 2. The van der Waals surface area contributed by atoms with E-state index in [4.69, 9.17) is 14.5 Å². The van der Waals surface area contributed by atoms with Crippen LogP contribution in [0.3, 0.4) is 0 Å². The molecule has 0 bridgehead atoms. The van der Waals surface area contributed by atoms with Crippen LogP contribution in [0.15, 0.2) is 48.8 Å². The molecule has 2 aromatic heterocycles. The number of rotatable bonds is 8. The van der Waals surface area contributed by atoms with Crippen molar-refractivity contribution in [2.45, 2.75) is 25.3 Å². The lowest BCUT2D eigenvalue weighted by molar-refractivity contribution is 0.0682. The molecule has 0 radical (unpaired) electrons. The summed E-state index contributed by atoms with van der Waals surface area (Å²) in [5.41, 5.74) is 3.47. The number of hydrogen-bond acceptors (Lipinski definition) is 5. The minimum atomic E-state index is -0.0338. The van der Waals surface area contributed by atoms with Gasteiger partial charge in [-0.3, -0.25) is 14.8 Å². The van der Waals surface area contributed by atoms with Gasteiger partial charge in [0.15, 0.2) is 0 Å². The Morgan fingerprint density at radius 3 is 2.76 bits per heavy atom. The molecule has 0 spiro atoms. The van der Waals surface area contributed by atoms with Gasteiger partial charge >= 0.3 is 0 Å². The van der Waals surface area contributed by atoms with E-state index in [1.165, 1.54) is 0 Å². The highest BCUT2D eigenvalue weighted by atomic mass is 16.5. The Bertz CT molecular complexity index is 1000. The van der Waals surface area contributed by atoms with E-state index in [-0.39, 0.29) is 5.91 Å². The molecule has 1 aliphatic carbocycles. The number of benzene rings is 1. The average Bonchev–Trinajstić information content (AvgIpc) is 3.61. The predicted molar refractivity (Wildman–Crippen MR) is 111 cm³/mol. The third-order valence-corrected chi connectivity index (χ3v) is 5.21. The van der Waals surface area contributed by atoms with Crippen LogP contribution in [-0.4, -0.2) is 48.1 Å². The topological polar surface area (TPSA) is 64.5 Å². The van der Waals surface area contributed by atoms with Crippen molar-refractivity contribution in [3.63, 3.8) is 0 Å². The normalized spacial score (nSPS) is 13.4. The third-order valence-electron chi connectivity index (χ3n) is 5.21. The predicted octanol–water partition coefficient (Wildman–Crippen LogP) is 3.80. The van der Waals surface area contributed by atoms with Gasteiger partial charge in [-0.15, -0.1) is 0 Å². The van der Waals surface area contributed by atoms with Gasteiger partial charge in [-0.25, -0.2) is 0 Å². The zero-order chi connectivity index (χ0) is 20.2. The summed E-state index contributed by atoms with van der Waals surface area (Å²) in [4.78, 5) is 24.4. The lowest BCUT2D eigenvalue weighted by Gasteiger charge is -2.23. The first kappa shape index (κ1) is 19.3.